The molecule has 1 aliphatic carbocycles. The second-order valence-corrected chi connectivity index (χ2v) is 9.90. The van der Waals surface area contributed by atoms with E-state index in [0.717, 1.165) is 17.9 Å². The molecule has 2 N–H and O–H groups in total. The molecule has 2 heterocycles. The molecule has 1 aromatic carbocycles. The van der Waals surface area contributed by atoms with Crippen molar-refractivity contribution in [3.63, 3.8) is 0 Å². The fourth-order valence-corrected chi connectivity index (χ4v) is 5.35. The van der Waals surface area contributed by atoms with Gasteiger partial charge in [0.25, 0.3) is 5.91 Å². The fourth-order valence-electron chi connectivity index (χ4n) is 4.27. The SMILES string of the molecule is CC(C)CCSc1nc(N)c2c(n1)OCCN(c1ccc(C3CCCCC3)cc1)C2=O. The molecule has 1 aromatic heterocycles. The van der Waals surface area contributed by atoms with Crippen LogP contribution in [0, 0.1) is 5.92 Å². The number of thioether (sulfide) groups is 1. The summed E-state index contributed by atoms with van der Waals surface area (Å²) in [6, 6.07) is 8.42. The summed E-state index contributed by atoms with van der Waals surface area (Å²) >= 11 is 1.55. The molecule has 2 aromatic rings. The maximum atomic E-state index is 13.3. The van der Waals surface area contributed by atoms with E-state index in [2.05, 4.69) is 35.9 Å². The second kappa shape index (κ2) is 9.90. The van der Waals surface area contributed by atoms with Crippen LogP contribution >= 0.6 is 11.8 Å². The van der Waals surface area contributed by atoms with Gasteiger partial charge in [-0.3, -0.25) is 4.79 Å². The van der Waals surface area contributed by atoms with Crippen molar-refractivity contribution in [1.29, 1.82) is 0 Å². The van der Waals surface area contributed by atoms with Crippen LogP contribution in [0.1, 0.15) is 74.2 Å². The summed E-state index contributed by atoms with van der Waals surface area (Å²) in [7, 11) is 0. The zero-order valence-electron chi connectivity index (χ0n) is 18.5. The number of fused-ring (bicyclic) bond motifs is 1. The lowest BCUT2D eigenvalue weighted by molar-refractivity contribution is 0.0990. The summed E-state index contributed by atoms with van der Waals surface area (Å²) in [5.74, 6) is 2.44. The van der Waals surface area contributed by atoms with Gasteiger partial charge in [0.15, 0.2) is 5.16 Å². The Morgan fingerprint density at radius 1 is 1.16 bits per heavy atom. The van der Waals surface area contributed by atoms with Crippen molar-refractivity contribution in [2.75, 3.05) is 29.5 Å². The minimum Gasteiger partial charge on any atom is -0.475 e. The topological polar surface area (TPSA) is 81.3 Å². The Labute approximate surface area is 189 Å². The maximum Gasteiger partial charge on any atom is 0.267 e. The van der Waals surface area contributed by atoms with Crippen molar-refractivity contribution >= 4 is 29.2 Å². The van der Waals surface area contributed by atoms with E-state index in [1.165, 1.54) is 37.7 Å². The van der Waals surface area contributed by atoms with Crippen molar-refractivity contribution in [3.05, 3.63) is 35.4 Å². The monoisotopic (exact) mass is 440 g/mol. The van der Waals surface area contributed by atoms with Gasteiger partial charge in [-0.25, -0.2) is 4.98 Å². The molecule has 1 aliphatic heterocycles. The molecule has 4 rings (SSSR count). The zero-order valence-corrected chi connectivity index (χ0v) is 19.3. The van der Waals surface area contributed by atoms with E-state index in [1.54, 1.807) is 16.7 Å². The van der Waals surface area contributed by atoms with Crippen LogP contribution in [0.4, 0.5) is 11.5 Å². The summed E-state index contributed by atoms with van der Waals surface area (Å²) < 4.78 is 5.83. The number of nitrogens with zero attached hydrogens (tertiary/aromatic N) is 3. The minimum absolute atomic E-state index is 0.188. The van der Waals surface area contributed by atoms with Gasteiger partial charge in [-0.05, 0) is 48.8 Å². The highest BCUT2D eigenvalue weighted by molar-refractivity contribution is 7.99. The molecule has 166 valence electrons. The number of nitrogens with two attached hydrogens (primary N) is 1. The summed E-state index contributed by atoms with van der Waals surface area (Å²) in [6.07, 6.45) is 7.54. The molecule has 0 spiro atoms. The average molecular weight is 441 g/mol. The third-order valence-corrected chi connectivity index (χ3v) is 6.98. The van der Waals surface area contributed by atoms with Crippen LogP contribution in [0.5, 0.6) is 5.88 Å². The number of amides is 1. The number of carbonyl (C=O) groups excluding carboxylic acids is 1. The van der Waals surface area contributed by atoms with E-state index in [1.807, 2.05) is 12.1 Å². The van der Waals surface area contributed by atoms with Crippen LogP contribution in [0.3, 0.4) is 0 Å². The van der Waals surface area contributed by atoms with Crippen LogP contribution in [-0.2, 0) is 0 Å². The quantitative estimate of drug-likeness (QED) is 0.486. The lowest BCUT2D eigenvalue weighted by Gasteiger charge is -2.24. The number of ether oxygens (including phenoxy) is 1. The summed E-state index contributed by atoms with van der Waals surface area (Å²) in [4.78, 5) is 23.9. The van der Waals surface area contributed by atoms with Crippen molar-refractivity contribution in [2.24, 2.45) is 5.92 Å². The van der Waals surface area contributed by atoms with Gasteiger partial charge in [-0.2, -0.15) is 4.98 Å². The van der Waals surface area contributed by atoms with Crippen LogP contribution in [0.25, 0.3) is 0 Å². The van der Waals surface area contributed by atoms with E-state index in [9.17, 15) is 4.79 Å². The largest absolute Gasteiger partial charge is 0.475 e. The lowest BCUT2D eigenvalue weighted by Crippen LogP contribution is -2.32. The smallest absolute Gasteiger partial charge is 0.267 e. The maximum absolute atomic E-state index is 13.3. The lowest BCUT2D eigenvalue weighted by atomic mass is 9.84. The first-order valence-corrected chi connectivity index (χ1v) is 12.4. The van der Waals surface area contributed by atoms with Gasteiger partial charge >= 0.3 is 0 Å². The third-order valence-electron chi connectivity index (χ3n) is 6.10. The first-order valence-electron chi connectivity index (χ1n) is 11.4. The van der Waals surface area contributed by atoms with Gasteiger partial charge in [0.1, 0.15) is 18.0 Å². The predicted molar refractivity (Wildman–Crippen MR) is 126 cm³/mol. The third kappa shape index (κ3) is 5.14. The molecule has 0 bridgehead atoms. The number of carbonyl (C=O) groups is 1. The molecule has 1 amide bonds. The van der Waals surface area contributed by atoms with Crippen molar-refractivity contribution < 1.29 is 9.53 Å². The molecule has 31 heavy (non-hydrogen) atoms. The number of aromatic nitrogens is 2. The van der Waals surface area contributed by atoms with Gasteiger partial charge in [0.05, 0.1) is 6.54 Å². The molecule has 0 radical (unpaired) electrons. The van der Waals surface area contributed by atoms with Crippen LogP contribution < -0.4 is 15.4 Å². The number of hydrogen-bond acceptors (Lipinski definition) is 6. The highest BCUT2D eigenvalue weighted by atomic mass is 32.2. The van der Waals surface area contributed by atoms with E-state index in [4.69, 9.17) is 10.5 Å². The van der Waals surface area contributed by atoms with E-state index >= 15 is 0 Å². The molecule has 2 aliphatic rings. The number of hydrogen-bond donors (Lipinski definition) is 1. The van der Waals surface area contributed by atoms with Gasteiger partial charge in [0, 0.05) is 11.4 Å². The number of anilines is 2. The Bertz CT molecular complexity index is 911. The number of benzene rings is 1. The number of rotatable bonds is 6. The first-order chi connectivity index (χ1) is 15.0. The highest BCUT2D eigenvalue weighted by Crippen LogP contribution is 2.35. The molecule has 0 saturated heterocycles. The van der Waals surface area contributed by atoms with Gasteiger partial charge in [-0.1, -0.05) is 57.0 Å². The van der Waals surface area contributed by atoms with E-state index in [0.29, 0.717) is 36.0 Å². The second-order valence-electron chi connectivity index (χ2n) is 8.83. The molecule has 1 saturated carbocycles. The van der Waals surface area contributed by atoms with E-state index in [-0.39, 0.29) is 17.3 Å². The van der Waals surface area contributed by atoms with Crippen molar-refractivity contribution in [3.8, 4) is 5.88 Å². The predicted octanol–water partition coefficient (Wildman–Crippen LogP) is 5.28. The first kappa shape index (κ1) is 21.9. The Kier molecular flexibility index (Phi) is 7.00. The van der Waals surface area contributed by atoms with Crippen molar-refractivity contribution in [1.82, 2.24) is 9.97 Å². The van der Waals surface area contributed by atoms with Crippen LogP contribution in [0.2, 0.25) is 0 Å². The van der Waals surface area contributed by atoms with Gasteiger partial charge in [-0.15, -0.1) is 0 Å². The van der Waals surface area contributed by atoms with Crippen molar-refractivity contribution in [2.45, 2.75) is 63.4 Å². The Morgan fingerprint density at radius 3 is 2.61 bits per heavy atom. The summed E-state index contributed by atoms with van der Waals surface area (Å²) in [6.45, 7) is 5.19. The normalized spacial score (nSPS) is 17.4. The molecule has 0 atom stereocenters. The van der Waals surface area contributed by atoms with Crippen LogP contribution in [-0.4, -0.2) is 34.8 Å². The molecule has 1 fully saturated rings. The molecular formula is C24H32N4O2S. The molecule has 0 unspecified atom stereocenters. The average Bonchev–Trinajstić information content (AvgIpc) is 2.93. The molecular weight excluding hydrogens is 408 g/mol. The summed E-state index contributed by atoms with van der Waals surface area (Å²) in [5, 5.41) is 0.565. The van der Waals surface area contributed by atoms with E-state index < -0.39 is 0 Å². The molecule has 7 heteroatoms. The summed E-state index contributed by atoms with van der Waals surface area (Å²) in [5.41, 5.74) is 8.70. The fraction of sp³-hybridized carbons (Fsp3) is 0.542. The zero-order chi connectivity index (χ0) is 21.8. The Hall–Kier alpha value is -2.28. The standard InChI is InChI=1S/C24H32N4O2S/c1-16(2)12-15-31-24-26-21(25)20-22(27-24)30-14-13-28(23(20)29)19-10-8-18(9-11-19)17-6-4-3-5-7-17/h8-11,16-17H,3-7,12-15H2,1-2H3,(H2,25,26,27). The molecule has 6 nitrogen and oxygen atoms in total. The van der Waals surface area contributed by atoms with Crippen LogP contribution in [0.15, 0.2) is 29.4 Å². The Balaban J connectivity index is 1.52. The van der Waals surface area contributed by atoms with Gasteiger partial charge < -0.3 is 15.4 Å². The highest BCUT2D eigenvalue weighted by Gasteiger charge is 2.30. The minimum atomic E-state index is -0.200. The number of nitrogen functional groups attached to an aromatic ring is 1. The van der Waals surface area contributed by atoms with Gasteiger partial charge in [0.2, 0.25) is 5.88 Å². The Morgan fingerprint density at radius 2 is 1.90 bits per heavy atom.